The van der Waals surface area contributed by atoms with Gasteiger partial charge in [0.05, 0.1) is 11.7 Å². The summed E-state index contributed by atoms with van der Waals surface area (Å²) < 4.78 is 2.11. The second kappa shape index (κ2) is 7.36. The highest BCUT2D eigenvalue weighted by molar-refractivity contribution is 5.24. The molecular weight excluding hydrogens is 260 g/mol. The Morgan fingerprint density at radius 1 is 1.24 bits per heavy atom. The number of aromatic nitrogens is 3. The quantitative estimate of drug-likeness (QED) is 0.847. The molecule has 1 atom stereocenters. The van der Waals surface area contributed by atoms with Crippen molar-refractivity contribution in [3.63, 3.8) is 0 Å². The van der Waals surface area contributed by atoms with Crippen molar-refractivity contribution in [1.29, 1.82) is 0 Å². The van der Waals surface area contributed by atoms with Crippen LogP contribution in [0.15, 0.2) is 30.6 Å². The Morgan fingerprint density at radius 2 is 2.00 bits per heavy atom. The zero-order valence-corrected chi connectivity index (χ0v) is 13.5. The Labute approximate surface area is 127 Å². The third-order valence-electron chi connectivity index (χ3n) is 4.17. The third kappa shape index (κ3) is 3.70. The van der Waals surface area contributed by atoms with Crippen LogP contribution in [0.4, 0.5) is 0 Å². The van der Waals surface area contributed by atoms with Crippen molar-refractivity contribution in [2.45, 2.75) is 52.1 Å². The van der Waals surface area contributed by atoms with Crippen molar-refractivity contribution in [3.8, 4) is 0 Å². The minimum atomic E-state index is 0.253. The monoisotopic (exact) mass is 286 g/mol. The van der Waals surface area contributed by atoms with E-state index >= 15 is 0 Å². The molecule has 2 rings (SSSR count). The lowest BCUT2D eigenvalue weighted by molar-refractivity contribution is 0.423. The molecular formula is C17H26N4. The SMILES string of the molecule is CCC(CC)n1ccc(CC(NC)c2cccnc2C)n1. The summed E-state index contributed by atoms with van der Waals surface area (Å²) >= 11 is 0. The first-order valence-electron chi connectivity index (χ1n) is 7.82. The molecule has 0 saturated carbocycles. The maximum absolute atomic E-state index is 4.75. The van der Waals surface area contributed by atoms with Crippen molar-refractivity contribution in [2.24, 2.45) is 0 Å². The van der Waals surface area contributed by atoms with Gasteiger partial charge < -0.3 is 5.32 Å². The summed E-state index contributed by atoms with van der Waals surface area (Å²) in [5.74, 6) is 0. The highest BCUT2D eigenvalue weighted by atomic mass is 15.3. The fraction of sp³-hybridized carbons (Fsp3) is 0.529. The topological polar surface area (TPSA) is 42.7 Å². The summed E-state index contributed by atoms with van der Waals surface area (Å²) in [6, 6.07) is 7.03. The molecule has 0 spiro atoms. The molecule has 0 fully saturated rings. The van der Waals surface area contributed by atoms with Gasteiger partial charge >= 0.3 is 0 Å². The molecule has 21 heavy (non-hydrogen) atoms. The molecule has 0 radical (unpaired) electrons. The lowest BCUT2D eigenvalue weighted by Gasteiger charge is -2.17. The molecule has 0 aliphatic carbocycles. The van der Waals surface area contributed by atoms with E-state index in [0.29, 0.717) is 6.04 Å². The van der Waals surface area contributed by atoms with Crippen LogP contribution in [0.5, 0.6) is 0 Å². The largest absolute Gasteiger partial charge is 0.313 e. The van der Waals surface area contributed by atoms with Gasteiger partial charge in [-0.25, -0.2) is 0 Å². The highest BCUT2D eigenvalue weighted by Gasteiger charge is 2.15. The van der Waals surface area contributed by atoms with Gasteiger partial charge in [-0.3, -0.25) is 9.67 Å². The maximum atomic E-state index is 4.75. The van der Waals surface area contributed by atoms with E-state index in [1.807, 2.05) is 19.3 Å². The van der Waals surface area contributed by atoms with Crippen molar-refractivity contribution in [1.82, 2.24) is 20.1 Å². The first-order valence-corrected chi connectivity index (χ1v) is 7.82. The fourth-order valence-corrected chi connectivity index (χ4v) is 2.79. The average molecular weight is 286 g/mol. The van der Waals surface area contributed by atoms with Gasteiger partial charge in [0, 0.05) is 30.6 Å². The number of aryl methyl sites for hydroxylation is 1. The Balaban J connectivity index is 2.14. The molecule has 0 aliphatic heterocycles. The first kappa shape index (κ1) is 15.7. The molecule has 2 aromatic rings. The van der Waals surface area contributed by atoms with Crippen LogP contribution in [-0.2, 0) is 6.42 Å². The minimum Gasteiger partial charge on any atom is -0.313 e. The number of nitrogens with one attached hydrogen (secondary N) is 1. The minimum absolute atomic E-state index is 0.253. The van der Waals surface area contributed by atoms with Crippen LogP contribution in [0.25, 0.3) is 0 Å². The van der Waals surface area contributed by atoms with Gasteiger partial charge in [0.15, 0.2) is 0 Å². The summed E-state index contributed by atoms with van der Waals surface area (Å²) in [4.78, 5) is 4.38. The van der Waals surface area contributed by atoms with Gasteiger partial charge in [-0.2, -0.15) is 5.10 Å². The number of nitrogens with zero attached hydrogens (tertiary/aromatic N) is 3. The Bertz CT molecular complexity index is 557. The maximum Gasteiger partial charge on any atom is 0.0643 e. The van der Waals surface area contributed by atoms with E-state index in [9.17, 15) is 0 Å². The Morgan fingerprint density at radius 3 is 2.62 bits per heavy atom. The molecule has 0 amide bonds. The Kier molecular flexibility index (Phi) is 5.51. The summed E-state index contributed by atoms with van der Waals surface area (Å²) in [5.41, 5.74) is 3.46. The number of hydrogen-bond donors (Lipinski definition) is 1. The predicted molar refractivity (Wildman–Crippen MR) is 86.3 cm³/mol. The molecule has 1 N–H and O–H groups in total. The van der Waals surface area contributed by atoms with Crippen LogP contribution in [-0.4, -0.2) is 21.8 Å². The summed E-state index contributed by atoms with van der Waals surface area (Å²) in [5, 5.41) is 8.14. The van der Waals surface area contributed by atoms with E-state index < -0.39 is 0 Å². The van der Waals surface area contributed by atoms with Crippen LogP contribution in [0.2, 0.25) is 0 Å². The van der Waals surface area contributed by atoms with Crippen LogP contribution < -0.4 is 5.32 Å². The highest BCUT2D eigenvalue weighted by Crippen LogP contribution is 2.21. The molecule has 0 aliphatic rings. The lowest BCUT2D eigenvalue weighted by atomic mass is 10.0. The molecule has 114 valence electrons. The van der Waals surface area contributed by atoms with Crippen molar-refractivity contribution >= 4 is 0 Å². The second-order valence-corrected chi connectivity index (χ2v) is 5.48. The molecule has 2 heterocycles. The van der Waals surface area contributed by atoms with Crippen LogP contribution in [0.3, 0.4) is 0 Å². The van der Waals surface area contributed by atoms with Gasteiger partial charge in [0.25, 0.3) is 0 Å². The predicted octanol–water partition coefficient (Wildman–Crippen LogP) is 3.45. The smallest absolute Gasteiger partial charge is 0.0643 e. The summed E-state index contributed by atoms with van der Waals surface area (Å²) in [6.45, 7) is 6.48. The Hall–Kier alpha value is -1.68. The molecule has 4 heteroatoms. The first-order chi connectivity index (χ1) is 10.2. The molecule has 2 aromatic heterocycles. The average Bonchev–Trinajstić information content (AvgIpc) is 2.95. The van der Waals surface area contributed by atoms with E-state index in [0.717, 1.165) is 30.7 Å². The number of likely N-dealkylation sites (N-methyl/N-ethyl adjacent to an activating group) is 1. The van der Waals surface area contributed by atoms with Crippen molar-refractivity contribution in [2.75, 3.05) is 7.05 Å². The molecule has 4 nitrogen and oxygen atoms in total. The molecule has 0 aromatic carbocycles. The van der Waals surface area contributed by atoms with E-state index in [2.05, 4.69) is 54.1 Å². The molecule has 0 saturated heterocycles. The van der Waals surface area contributed by atoms with E-state index in [-0.39, 0.29) is 6.04 Å². The number of rotatable bonds is 7. The van der Waals surface area contributed by atoms with Crippen molar-refractivity contribution in [3.05, 3.63) is 47.5 Å². The lowest BCUT2D eigenvalue weighted by Crippen LogP contribution is -2.20. The van der Waals surface area contributed by atoms with E-state index in [1.54, 1.807) is 0 Å². The van der Waals surface area contributed by atoms with Crippen molar-refractivity contribution < 1.29 is 0 Å². The molecule has 1 unspecified atom stereocenters. The van der Waals surface area contributed by atoms with E-state index in [1.165, 1.54) is 5.56 Å². The number of pyridine rings is 1. The summed E-state index contributed by atoms with van der Waals surface area (Å²) in [7, 11) is 2.00. The number of hydrogen-bond acceptors (Lipinski definition) is 3. The van der Waals surface area contributed by atoms with Crippen LogP contribution >= 0.6 is 0 Å². The van der Waals surface area contributed by atoms with Gasteiger partial charge in [-0.15, -0.1) is 0 Å². The van der Waals surface area contributed by atoms with Gasteiger partial charge in [-0.1, -0.05) is 19.9 Å². The van der Waals surface area contributed by atoms with Gasteiger partial charge in [-0.05, 0) is 44.5 Å². The normalized spacial score (nSPS) is 12.8. The second-order valence-electron chi connectivity index (χ2n) is 5.48. The van der Waals surface area contributed by atoms with Gasteiger partial charge in [0.1, 0.15) is 0 Å². The van der Waals surface area contributed by atoms with E-state index in [4.69, 9.17) is 5.10 Å². The fourth-order valence-electron chi connectivity index (χ4n) is 2.79. The van der Waals surface area contributed by atoms with Crippen LogP contribution in [0, 0.1) is 6.92 Å². The zero-order valence-electron chi connectivity index (χ0n) is 13.5. The summed E-state index contributed by atoms with van der Waals surface area (Å²) in [6.07, 6.45) is 7.07. The zero-order chi connectivity index (χ0) is 15.2. The van der Waals surface area contributed by atoms with Crippen LogP contribution in [0.1, 0.15) is 55.7 Å². The van der Waals surface area contributed by atoms with Gasteiger partial charge in [0.2, 0.25) is 0 Å². The molecule has 0 bridgehead atoms. The standard InChI is InChI=1S/C17H26N4/c1-5-15(6-2)21-11-9-14(20-21)12-17(18-4)16-8-7-10-19-13(16)3/h7-11,15,17-18H,5-6,12H2,1-4H3. The third-order valence-corrected chi connectivity index (χ3v) is 4.17.